The number of carbonyl (C=O) groups excluding carboxylic acids is 1. The molecule has 0 aliphatic heterocycles. The second-order valence-corrected chi connectivity index (χ2v) is 2.99. The fourth-order valence-electron chi connectivity index (χ4n) is 1.16. The fourth-order valence-corrected chi connectivity index (χ4v) is 1.16. The third-order valence-electron chi connectivity index (χ3n) is 1.92. The van der Waals surface area contributed by atoms with Crippen molar-refractivity contribution < 1.29 is 24.5 Å². The van der Waals surface area contributed by atoms with E-state index in [2.05, 4.69) is 9.72 Å². The van der Waals surface area contributed by atoms with E-state index in [1.807, 2.05) is 0 Å². The number of ether oxygens (including phenoxy) is 1. The number of hydrogen-bond donors (Lipinski definition) is 1. The van der Waals surface area contributed by atoms with Gasteiger partial charge in [-0.25, -0.2) is 9.59 Å². The average molecular weight is 224 g/mol. The van der Waals surface area contributed by atoms with Gasteiger partial charge in [0.05, 0.1) is 17.7 Å². The SMILES string of the molecule is CCOC(=O)c1c(C(=O)O)cnc(C)c1[O-]. The van der Waals surface area contributed by atoms with Crippen molar-refractivity contribution in [3.05, 3.63) is 23.0 Å². The summed E-state index contributed by atoms with van der Waals surface area (Å²) >= 11 is 0. The van der Waals surface area contributed by atoms with Gasteiger partial charge in [0, 0.05) is 11.9 Å². The second kappa shape index (κ2) is 4.61. The van der Waals surface area contributed by atoms with Crippen molar-refractivity contribution in [1.82, 2.24) is 4.98 Å². The van der Waals surface area contributed by atoms with Crippen LogP contribution in [0.15, 0.2) is 6.20 Å². The highest BCUT2D eigenvalue weighted by molar-refractivity contribution is 6.04. The van der Waals surface area contributed by atoms with Gasteiger partial charge >= 0.3 is 11.9 Å². The van der Waals surface area contributed by atoms with Crippen molar-refractivity contribution in [2.24, 2.45) is 0 Å². The van der Waals surface area contributed by atoms with Crippen LogP contribution < -0.4 is 5.11 Å². The van der Waals surface area contributed by atoms with Crippen LogP contribution in [-0.2, 0) is 4.74 Å². The zero-order valence-corrected chi connectivity index (χ0v) is 8.81. The summed E-state index contributed by atoms with van der Waals surface area (Å²) in [5.74, 6) is -3.03. The van der Waals surface area contributed by atoms with Crippen LogP contribution in [0.1, 0.15) is 33.3 Å². The molecule has 1 N–H and O–H groups in total. The highest BCUT2D eigenvalue weighted by atomic mass is 16.5. The van der Waals surface area contributed by atoms with E-state index < -0.39 is 28.8 Å². The molecular weight excluding hydrogens is 214 g/mol. The molecule has 0 aromatic carbocycles. The first-order valence-electron chi connectivity index (χ1n) is 4.56. The summed E-state index contributed by atoms with van der Waals surface area (Å²) in [6, 6.07) is 0. The van der Waals surface area contributed by atoms with Gasteiger partial charge in [0.15, 0.2) is 0 Å². The first-order chi connectivity index (χ1) is 7.49. The Morgan fingerprint density at radius 3 is 2.69 bits per heavy atom. The summed E-state index contributed by atoms with van der Waals surface area (Å²) in [6.45, 7) is 3.03. The molecule has 0 aliphatic carbocycles. The molecule has 6 nitrogen and oxygen atoms in total. The van der Waals surface area contributed by atoms with E-state index in [4.69, 9.17) is 5.11 Å². The molecule has 6 heteroatoms. The smallest absolute Gasteiger partial charge is 0.338 e. The summed E-state index contributed by atoms with van der Waals surface area (Å²) in [4.78, 5) is 25.8. The van der Waals surface area contributed by atoms with Crippen molar-refractivity contribution in [1.29, 1.82) is 0 Å². The minimum absolute atomic E-state index is 0.0630. The zero-order chi connectivity index (χ0) is 12.3. The normalized spacial score (nSPS) is 9.88. The van der Waals surface area contributed by atoms with E-state index in [-0.39, 0.29) is 12.3 Å². The molecule has 0 atom stereocenters. The van der Waals surface area contributed by atoms with Gasteiger partial charge in [0.25, 0.3) is 0 Å². The number of nitrogens with zero attached hydrogens (tertiary/aromatic N) is 1. The van der Waals surface area contributed by atoms with Gasteiger partial charge < -0.3 is 14.9 Å². The summed E-state index contributed by atoms with van der Waals surface area (Å²) in [5.41, 5.74) is -0.844. The van der Waals surface area contributed by atoms with Crippen LogP contribution in [0.2, 0.25) is 0 Å². The Labute approximate surface area is 91.5 Å². The Hall–Kier alpha value is -2.11. The van der Waals surface area contributed by atoms with Gasteiger partial charge in [0.1, 0.15) is 0 Å². The van der Waals surface area contributed by atoms with Crippen LogP contribution in [0.5, 0.6) is 5.75 Å². The lowest BCUT2D eigenvalue weighted by Gasteiger charge is -2.16. The van der Waals surface area contributed by atoms with Gasteiger partial charge in [-0.05, 0) is 13.8 Å². The molecule has 0 bridgehead atoms. The third-order valence-corrected chi connectivity index (χ3v) is 1.92. The van der Waals surface area contributed by atoms with E-state index in [1.165, 1.54) is 6.92 Å². The molecule has 1 rings (SSSR count). The molecule has 0 aliphatic rings. The molecule has 1 heterocycles. The van der Waals surface area contributed by atoms with Crippen molar-refractivity contribution >= 4 is 11.9 Å². The number of pyridine rings is 1. The molecule has 0 fully saturated rings. The van der Waals surface area contributed by atoms with Crippen molar-refractivity contribution in [2.75, 3.05) is 6.61 Å². The van der Waals surface area contributed by atoms with Crippen LogP contribution in [-0.4, -0.2) is 28.6 Å². The standard InChI is InChI=1S/C10H11NO5/c1-3-16-10(15)7-6(9(13)14)4-11-5(2)8(7)12/h4,12H,3H2,1-2H3,(H,13,14)/p-1. The van der Waals surface area contributed by atoms with Crippen LogP contribution in [0.3, 0.4) is 0 Å². The summed E-state index contributed by atoms with van der Waals surface area (Å²) in [6.07, 6.45) is 0.977. The predicted molar refractivity (Wildman–Crippen MR) is 51.3 cm³/mol. The number of carboxylic acid groups (broad SMARTS) is 1. The minimum Gasteiger partial charge on any atom is -0.871 e. The summed E-state index contributed by atoms with van der Waals surface area (Å²) in [7, 11) is 0. The molecule has 1 aromatic rings. The van der Waals surface area contributed by atoms with E-state index >= 15 is 0 Å². The molecule has 0 unspecified atom stereocenters. The Balaban J connectivity index is 3.37. The molecule has 0 amide bonds. The van der Waals surface area contributed by atoms with Gasteiger partial charge in [-0.1, -0.05) is 5.75 Å². The van der Waals surface area contributed by atoms with Gasteiger partial charge in [-0.2, -0.15) is 0 Å². The Morgan fingerprint density at radius 1 is 1.56 bits per heavy atom. The lowest BCUT2D eigenvalue weighted by atomic mass is 10.1. The molecule has 0 spiro atoms. The fraction of sp³-hybridized carbons (Fsp3) is 0.300. The van der Waals surface area contributed by atoms with Gasteiger partial charge in [0.2, 0.25) is 0 Å². The highest BCUT2D eigenvalue weighted by Crippen LogP contribution is 2.21. The predicted octanol–water partition coefficient (Wildman–Crippen LogP) is 0.339. The van der Waals surface area contributed by atoms with Gasteiger partial charge in [-0.15, -0.1) is 0 Å². The van der Waals surface area contributed by atoms with Crippen molar-refractivity contribution in [2.45, 2.75) is 13.8 Å². The average Bonchev–Trinajstić information content (AvgIpc) is 2.21. The number of aromatic carboxylic acids is 1. The quantitative estimate of drug-likeness (QED) is 0.743. The van der Waals surface area contributed by atoms with E-state index in [1.54, 1.807) is 6.92 Å². The minimum atomic E-state index is -1.38. The first kappa shape index (κ1) is 12.0. The Kier molecular flexibility index (Phi) is 3.44. The van der Waals surface area contributed by atoms with Crippen LogP contribution in [0, 0.1) is 6.92 Å². The number of aromatic nitrogens is 1. The van der Waals surface area contributed by atoms with Crippen molar-refractivity contribution in [3.63, 3.8) is 0 Å². The lowest BCUT2D eigenvalue weighted by Crippen LogP contribution is -2.16. The van der Waals surface area contributed by atoms with Crippen LogP contribution in [0.4, 0.5) is 0 Å². The summed E-state index contributed by atoms with van der Waals surface area (Å²) in [5, 5.41) is 20.4. The first-order valence-corrected chi connectivity index (χ1v) is 4.56. The van der Waals surface area contributed by atoms with Crippen molar-refractivity contribution in [3.8, 4) is 5.75 Å². The molecular formula is C10H10NO5-. The maximum atomic E-state index is 11.6. The molecule has 1 aromatic heterocycles. The lowest BCUT2D eigenvalue weighted by molar-refractivity contribution is -0.270. The molecule has 0 radical (unpaired) electrons. The third kappa shape index (κ3) is 2.10. The maximum Gasteiger partial charge on any atom is 0.338 e. The number of rotatable bonds is 3. The van der Waals surface area contributed by atoms with E-state index in [0.29, 0.717) is 0 Å². The largest absolute Gasteiger partial charge is 0.871 e. The topological polar surface area (TPSA) is 99.6 Å². The van der Waals surface area contributed by atoms with Crippen LogP contribution >= 0.6 is 0 Å². The van der Waals surface area contributed by atoms with Gasteiger partial charge in [-0.3, -0.25) is 4.98 Å². The highest BCUT2D eigenvalue weighted by Gasteiger charge is 2.19. The number of carboxylic acids is 1. The van der Waals surface area contributed by atoms with Crippen LogP contribution in [0.25, 0.3) is 0 Å². The molecule has 0 saturated carbocycles. The molecule has 16 heavy (non-hydrogen) atoms. The zero-order valence-electron chi connectivity index (χ0n) is 8.81. The second-order valence-electron chi connectivity index (χ2n) is 2.99. The Bertz CT molecular complexity index is 441. The Morgan fingerprint density at radius 2 is 2.19 bits per heavy atom. The monoisotopic (exact) mass is 224 g/mol. The number of hydrogen-bond acceptors (Lipinski definition) is 5. The van der Waals surface area contributed by atoms with E-state index in [0.717, 1.165) is 6.20 Å². The summed E-state index contributed by atoms with van der Waals surface area (Å²) < 4.78 is 4.62. The molecule has 86 valence electrons. The molecule has 0 saturated heterocycles. The number of aryl methyl sites for hydroxylation is 1. The van der Waals surface area contributed by atoms with E-state index in [9.17, 15) is 14.7 Å². The number of esters is 1. The maximum absolute atomic E-state index is 11.6. The number of carbonyl (C=O) groups is 2.